The summed E-state index contributed by atoms with van der Waals surface area (Å²) in [6.07, 6.45) is 0.950. The van der Waals surface area contributed by atoms with Crippen molar-refractivity contribution in [2.75, 3.05) is 32.1 Å². The van der Waals surface area contributed by atoms with E-state index in [2.05, 4.69) is 69.8 Å². The zero-order chi connectivity index (χ0) is 15.3. The molecule has 0 aromatic heterocycles. The molecule has 0 radical (unpaired) electrons. The number of likely N-dealkylation sites (N-methyl/N-ethyl adjacent to an activating group) is 2. The fourth-order valence-electron chi connectivity index (χ4n) is 2.81. The molecule has 0 fully saturated rings. The van der Waals surface area contributed by atoms with Crippen LogP contribution >= 0.6 is 0 Å². The van der Waals surface area contributed by atoms with E-state index < -0.39 is 0 Å². The lowest BCUT2D eigenvalue weighted by molar-refractivity contribution is 0.373. The maximum absolute atomic E-state index is 5.90. The van der Waals surface area contributed by atoms with Crippen LogP contribution < -0.4 is 10.6 Å². The number of benzene rings is 1. The molecule has 0 aliphatic carbocycles. The highest BCUT2D eigenvalue weighted by Crippen LogP contribution is 2.22. The minimum absolute atomic E-state index is 0.217. The van der Waals surface area contributed by atoms with Crippen molar-refractivity contribution in [3.8, 4) is 0 Å². The highest BCUT2D eigenvalue weighted by Gasteiger charge is 2.14. The van der Waals surface area contributed by atoms with Crippen LogP contribution in [0, 0.1) is 6.92 Å². The molecule has 0 aliphatic heterocycles. The second-order valence-corrected chi connectivity index (χ2v) is 6.19. The average Bonchev–Trinajstić information content (AvgIpc) is 2.32. The van der Waals surface area contributed by atoms with E-state index >= 15 is 0 Å². The van der Waals surface area contributed by atoms with Gasteiger partial charge in [-0.2, -0.15) is 0 Å². The van der Waals surface area contributed by atoms with Gasteiger partial charge in [-0.25, -0.2) is 0 Å². The lowest BCUT2D eigenvalue weighted by Crippen LogP contribution is -2.40. The highest BCUT2D eigenvalue weighted by atomic mass is 15.2. The summed E-state index contributed by atoms with van der Waals surface area (Å²) in [6, 6.07) is 7.50. The summed E-state index contributed by atoms with van der Waals surface area (Å²) in [5, 5.41) is 0. The summed E-state index contributed by atoms with van der Waals surface area (Å²) in [5.41, 5.74) is 9.92. The first kappa shape index (κ1) is 17.0. The minimum atomic E-state index is 0.217. The molecule has 0 spiro atoms. The number of aryl methyl sites for hydroxylation is 1. The van der Waals surface area contributed by atoms with Crippen molar-refractivity contribution < 1.29 is 0 Å². The first-order valence-electron chi connectivity index (χ1n) is 7.61. The van der Waals surface area contributed by atoms with Crippen LogP contribution in [0.1, 0.15) is 31.9 Å². The van der Waals surface area contributed by atoms with Gasteiger partial charge in [0, 0.05) is 30.9 Å². The van der Waals surface area contributed by atoms with Crippen LogP contribution in [0.3, 0.4) is 0 Å². The molecule has 2 unspecified atom stereocenters. The van der Waals surface area contributed by atoms with Crippen LogP contribution in [0.15, 0.2) is 18.2 Å². The number of hydrogen-bond acceptors (Lipinski definition) is 3. The van der Waals surface area contributed by atoms with E-state index in [0.717, 1.165) is 19.5 Å². The quantitative estimate of drug-likeness (QED) is 0.831. The molecular weight excluding hydrogens is 246 g/mol. The molecule has 0 amide bonds. The third-order valence-electron chi connectivity index (χ3n) is 3.70. The van der Waals surface area contributed by atoms with E-state index in [4.69, 9.17) is 5.73 Å². The van der Waals surface area contributed by atoms with Crippen LogP contribution in [0.2, 0.25) is 0 Å². The smallest absolute Gasteiger partial charge is 0.0388 e. The Morgan fingerprint density at radius 3 is 2.30 bits per heavy atom. The molecule has 3 heteroatoms. The molecule has 114 valence electrons. The zero-order valence-electron chi connectivity index (χ0n) is 14.0. The number of hydrogen-bond donors (Lipinski definition) is 1. The van der Waals surface area contributed by atoms with Crippen molar-refractivity contribution in [1.29, 1.82) is 0 Å². The summed E-state index contributed by atoms with van der Waals surface area (Å²) in [5.74, 6) is 0. The van der Waals surface area contributed by atoms with Crippen molar-refractivity contribution in [1.82, 2.24) is 4.90 Å². The van der Waals surface area contributed by atoms with Gasteiger partial charge in [0.25, 0.3) is 0 Å². The number of nitrogens with two attached hydrogens (primary N) is 1. The first-order chi connectivity index (χ1) is 9.35. The first-order valence-corrected chi connectivity index (χ1v) is 7.61. The molecule has 2 atom stereocenters. The Hall–Kier alpha value is -1.06. The minimum Gasteiger partial charge on any atom is -0.368 e. The second kappa shape index (κ2) is 7.65. The van der Waals surface area contributed by atoms with Gasteiger partial charge in [0.05, 0.1) is 0 Å². The summed E-state index contributed by atoms with van der Waals surface area (Å²) in [7, 11) is 4.25. The van der Waals surface area contributed by atoms with Crippen molar-refractivity contribution in [3.63, 3.8) is 0 Å². The van der Waals surface area contributed by atoms with E-state index in [1.165, 1.54) is 16.8 Å². The van der Waals surface area contributed by atoms with Crippen LogP contribution in [0.4, 0.5) is 5.69 Å². The Morgan fingerprint density at radius 1 is 1.20 bits per heavy atom. The van der Waals surface area contributed by atoms with Crippen molar-refractivity contribution in [3.05, 3.63) is 29.3 Å². The molecule has 0 saturated heterocycles. The Morgan fingerprint density at radius 2 is 1.85 bits per heavy atom. The van der Waals surface area contributed by atoms with Crippen LogP contribution in [-0.2, 0) is 6.42 Å². The predicted octanol–water partition coefficient (Wildman–Crippen LogP) is 2.66. The van der Waals surface area contributed by atoms with Gasteiger partial charge in [-0.05, 0) is 71.5 Å². The topological polar surface area (TPSA) is 32.5 Å². The maximum atomic E-state index is 5.90. The van der Waals surface area contributed by atoms with Gasteiger partial charge >= 0.3 is 0 Å². The fourth-order valence-corrected chi connectivity index (χ4v) is 2.81. The predicted molar refractivity (Wildman–Crippen MR) is 89.6 cm³/mol. The Labute approximate surface area is 124 Å². The largest absolute Gasteiger partial charge is 0.368 e. The second-order valence-electron chi connectivity index (χ2n) is 6.19. The Kier molecular flexibility index (Phi) is 6.50. The normalized spacial score (nSPS) is 14.4. The van der Waals surface area contributed by atoms with Gasteiger partial charge in [-0.3, -0.25) is 0 Å². The van der Waals surface area contributed by atoms with Crippen LogP contribution in [0.25, 0.3) is 0 Å². The standard InChI is InChI=1S/C17H31N3/c1-7-20(15(4)12-19(5)6)17-9-8-16(11-14(3)18)13(2)10-17/h8-10,14-15H,7,11-12,18H2,1-6H3. The molecule has 0 saturated carbocycles. The lowest BCUT2D eigenvalue weighted by atomic mass is 10.0. The third-order valence-corrected chi connectivity index (χ3v) is 3.70. The summed E-state index contributed by atoms with van der Waals surface area (Å²) >= 11 is 0. The highest BCUT2D eigenvalue weighted by molar-refractivity contribution is 5.51. The third kappa shape index (κ3) is 4.80. The SMILES string of the molecule is CCN(c1ccc(CC(C)N)c(C)c1)C(C)CN(C)C. The molecule has 0 bridgehead atoms. The molecule has 1 rings (SSSR count). The molecule has 20 heavy (non-hydrogen) atoms. The summed E-state index contributed by atoms with van der Waals surface area (Å²) in [4.78, 5) is 4.70. The van der Waals surface area contributed by atoms with Gasteiger partial charge < -0.3 is 15.5 Å². The number of nitrogens with zero attached hydrogens (tertiary/aromatic N) is 2. The molecule has 3 nitrogen and oxygen atoms in total. The molecule has 1 aromatic carbocycles. The number of rotatable bonds is 7. The summed E-state index contributed by atoms with van der Waals surface area (Å²) in [6.45, 7) is 10.8. The van der Waals surface area contributed by atoms with Gasteiger partial charge in [-0.1, -0.05) is 6.07 Å². The zero-order valence-corrected chi connectivity index (χ0v) is 14.0. The van der Waals surface area contributed by atoms with E-state index in [1.807, 2.05) is 0 Å². The molecule has 0 heterocycles. The van der Waals surface area contributed by atoms with E-state index in [1.54, 1.807) is 0 Å². The van der Waals surface area contributed by atoms with Crippen molar-refractivity contribution in [2.45, 2.75) is 46.2 Å². The average molecular weight is 277 g/mol. The molecule has 0 aliphatic rings. The van der Waals surface area contributed by atoms with E-state index in [0.29, 0.717) is 6.04 Å². The summed E-state index contributed by atoms with van der Waals surface area (Å²) < 4.78 is 0. The molecule has 1 aromatic rings. The lowest BCUT2D eigenvalue weighted by Gasteiger charge is -2.32. The molecular formula is C17H31N3. The van der Waals surface area contributed by atoms with Gasteiger partial charge in [0.2, 0.25) is 0 Å². The van der Waals surface area contributed by atoms with Crippen LogP contribution in [0.5, 0.6) is 0 Å². The van der Waals surface area contributed by atoms with Crippen molar-refractivity contribution >= 4 is 5.69 Å². The molecule has 2 N–H and O–H groups in total. The van der Waals surface area contributed by atoms with E-state index in [-0.39, 0.29) is 6.04 Å². The number of anilines is 1. The maximum Gasteiger partial charge on any atom is 0.0388 e. The van der Waals surface area contributed by atoms with Gasteiger partial charge in [-0.15, -0.1) is 0 Å². The Balaban J connectivity index is 2.91. The van der Waals surface area contributed by atoms with Crippen LogP contribution in [-0.4, -0.2) is 44.2 Å². The fraction of sp³-hybridized carbons (Fsp3) is 0.647. The monoisotopic (exact) mass is 277 g/mol. The Bertz CT molecular complexity index is 413. The van der Waals surface area contributed by atoms with E-state index in [9.17, 15) is 0 Å². The van der Waals surface area contributed by atoms with Gasteiger partial charge in [0.1, 0.15) is 0 Å². The van der Waals surface area contributed by atoms with Gasteiger partial charge in [0.15, 0.2) is 0 Å². The van der Waals surface area contributed by atoms with Crippen molar-refractivity contribution in [2.24, 2.45) is 5.73 Å².